The number of carbonyl (C=O) groups excluding carboxylic acids is 3. The van der Waals surface area contributed by atoms with Crippen molar-refractivity contribution >= 4 is 29.1 Å². The standard InChI is InChI=1S/C18H22FN3O4/c19-10-14-11-22(7-2-8-26-14)18(25)17(24)20-13-6-5-12-3-1-4-16(23)21-15(12)9-13/h5-6,9,14H,1-4,7-8,10-11H2,(H,20,24)(H,21,23). The molecule has 1 aromatic rings. The highest BCUT2D eigenvalue weighted by Gasteiger charge is 2.27. The molecule has 1 atom stereocenters. The molecule has 0 spiro atoms. The van der Waals surface area contributed by atoms with E-state index in [-0.39, 0.29) is 12.5 Å². The van der Waals surface area contributed by atoms with Crippen molar-refractivity contribution in [3.63, 3.8) is 0 Å². The van der Waals surface area contributed by atoms with Gasteiger partial charge in [-0.3, -0.25) is 14.4 Å². The molecule has 2 heterocycles. The van der Waals surface area contributed by atoms with Crippen molar-refractivity contribution in [2.45, 2.75) is 31.8 Å². The lowest BCUT2D eigenvalue weighted by Gasteiger charge is -2.22. The van der Waals surface area contributed by atoms with Crippen molar-refractivity contribution in [3.8, 4) is 0 Å². The Kier molecular flexibility index (Phi) is 5.82. The summed E-state index contributed by atoms with van der Waals surface area (Å²) in [7, 11) is 0. The van der Waals surface area contributed by atoms with Crippen LogP contribution in [0.5, 0.6) is 0 Å². The Bertz CT molecular complexity index is 710. The molecule has 1 aromatic carbocycles. The summed E-state index contributed by atoms with van der Waals surface area (Å²) >= 11 is 0. The summed E-state index contributed by atoms with van der Waals surface area (Å²) in [6, 6.07) is 5.19. The largest absolute Gasteiger partial charge is 0.374 e. The Labute approximate surface area is 150 Å². The number of fused-ring (bicyclic) bond motifs is 1. The van der Waals surface area contributed by atoms with Gasteiger partial charge in [-0.05, 0) is 37.0 Å². The van der Waals surface area contributed by atoms with Crippen molar-refractivity contribution in [2.24, 2.45) is 0 Å². The highest BCUT2D eigenvalue weighted by Crippen LogP contribution is 2.25. The molecule has 26 heavy (non-hydrogen) atoms. The molecule has 0 saturated carbocycles. The van der Waals surface area contributed by atoms with E-state index >= 15 is 0 Å². The lowest BCUT2D eigenvalue weighted by Crippen LogP contribution is -2.43. The molecule has 1 saturated heterocycles. The molecule has 2 N–H and O–H groups in total. The zero-order valence-electron chi connectivity index (χ0n) is 14.4. The molecule has 8 heteroatoms. The number of amides is 3. The maximum absolute atomic E-state index is 12.9. The average Bonchev–Trinajstić information content (AvgIpc) is 2.98. The van der Waals surface area contributed by atoms with E-state index in [4.69, 9.17) is 4.74 Å². The van der Waals surface area contributed by atoms with E-state index in [1.165, 1.54) is 4.90 Å². The van der Waals surface area contributed by atoms with Crippen molar-refractivity contribution < 1.29 is 23.5 Å². The summed E-state index contributed by atoms with van der Waals surface area (Å²) < 4.78 is 18.1. The molecular weight excluding hydrogens is 341 g/mol. The van der Waals surface area contributed by atoms with Gasteiger partial charge in [-0.1, -0.05) is 6.07 Å². The molecule has 3 rings (SSSR count). The average molecular weight is 363 g/mol. The summed E-state index contributed by atoms with van der Waals surface area (Å²) in [5.74, 6) is -1.57. The minimum absolute atomic E-state index is 0.0585. The fourth-order valence-corrected chi connectivity index (χ4v) is 3.14. The fourth-order valence-electron chi connectivity index (χ4n) is 3.14. The zero-order valence-corrected chi connectivity index (χ0v) is 14.4. The van der Waals surface area contributed by atoms with Crippen LogP contribution in [0, 0.1) is 0 Å². The first-order valence-electron chi connectivity index (χ1n) is 8.77. The summed E-state index contributed by atoms with van der Waals surface area (Å²) in [5, 5.41) is 5.37. The third-order valence-electron chi connectivity index (χ3n) is 4.50. The number of rotatable bonds is 2. The van der Waals surface area contributed by atoms with Crippen LogP contribution in [0.3, 0.4) is 0 Å². The first-order valence-corrected chi connectivity index (χ1v) is 8.77. The topological polar surface area (TPSA) is 87.7 Å². The van der Waals surface area contributed by atoms with Crippen molar-refractivity contribution in [1.82, 2.24) is 4.90 Å². The van der Waals surface area contributed by atoms with Gasteiger partial charge in [-0.15, -0.1) is 0 Å². The minimum atomic E-state index is -0.788. The number of nitrogens with one attached hydrogen (secondary N) is 2. The van der Waals surface area contributed by atoms with Crippen LogP contribution in [0.2, 0.25) is 0 Å². The third kappa shape index (κ3) is 4.37. The maximum atomic E-state index is 12.9. The molecule has 1 fully saturated rings. The number of halogens is 1. The van der Waals surface area contributed by atoms with Crippen LogP contribution in [0.4, 0.5) is 15.8 Å². The summed E-state index contributed by atoms with van der Waals surface area (Å²) in [6.07, 6.45) is 1.87. The number of hydrogen-bond acceptors (Lipinski definition) is 4. The second kappa shape index (κ2) is 8.27. The van der Waals surface area contributed by atoms with E-state index in [1.807, 2.05) is 6.07 Å². The second-order valence-corrected chi connectivity index (χ2v) is 6.48. The molecule has 0 radical (unpaired) electrons. The highest BCUT2D eigenvalue weighted by molar-refractivity contribution is 6.39. The minimum Gasteiger partial charge on any atom is -0.374 e. The summed E-state index contributed by atoms with van der Waals surface area (Å²) in [4.78, 5) is 37.7. The number of aryl methyl sites for hydroxylation is 1. The number of anilines is 2. The fraction of sp³-hybridized carbons (Fsp3) is 0.500. The molecule has 2 aliphatic heterocycles. The van der Waals surface area contributed by atoms with Gasteiger partial charge in [0.1, 0.15) is 12.8 Å². The monoisotopic (exact) mass is 363 g/mol. The van der Waals surface area contributed by atoms with Crippen molar-refractivity contribution in [1.29, 1.82) is 0 Å². The van der Waals surface area contributed by atoms with E-state index in [9.17, 15) is 18.8 Å². The van der Waals surface area contributed by atoms with Crippen LogP contribution >= 0.6 is 0 Å². The van der Waals surface area contributed by atoms with Gasteiger partial charge >= 0.3 is 11.8 Å². The molecule has 3 amide bonds. The van der Waals surface area contributed by atoms with E-state index in [0.29, 0.717) is 37.4 Å². The first kappa shape index (κ1) is 18.3. The van der Waals surface area contributed by atoms with Gasteiger partial charge in [-0.2, -0.15) is 0 Å². The predicted octanol–water partition coefficient (Wildman–Crippen LogP) is 1.49. The first-order chi connectivity index (χ1) is 12.6. The molecule has 7 nitrogen and oxygen atoms in total. The van der Waals surface area contributed by atoms with Gasteiger partial charge in [-0.25, -0.2) is 4.39 Å². The Morgan fingerprint density at radius 3 is 2.96 bits per heavy atom. The lowest BCUT2D eigenvalue weighted by atomic mass is 10.1. The Morgan fingerprint density at radius 2 is 2.15 bits per heavy atom. The van der Waals surface area contributed by atoms with Crippen LogP contribution in [-0.2, 0) is 25.5 Å². The van der Waals surface area contributed by atoms with Gasteiger partial charge in [0.15, 0.2) is 0 Å². The highest BCUT2D eigenvalue weighted by atomic mass is 19.1. The summed E-state index contributed by atoms with van der Waals surface area (Å²) in [5.41, 5.74) is 2.08. The maximum Gasteiger partial charge on any atom is 0.313 e. The predicted molar refractivity (Wildman–Crippen MR) is 93.6 cm³/mol. The SMILES string of the molecule is O=C1CCCc2ccc(NC(=O)C(=O)N3CCCOC(CF)C3)cc2N1. The number of carbonyl (C=O) groups is 3. The Morgan fingerprint density at radius 1 is 1.31 bits per heavy atom. The number of alkyl halides is 1. The molecule has 140 valence electrons. The third-order valence-corrected chi connectivity index (χ3v) is 4.50. The number of nitrogens with zero attached hydrogens (tertiary/aromatic N) is 1. The molecule has 0 aliphatic carbocycles. The Balaban J connectivity index is 1.67. The van der Waals surface area contributed by atoms with Crippen molar-refractivity contribution in [2.75, 3.05) is 37.0 Å². The van der Waals surface area contributed by atoms with Gasteiger partial charge in [0.05, 0.1) is 0 Å². The van der Waals surface area contributed by atoms with Crippen molar-refractivity contribution in [3.05, 3.63) is 23.8 Å². The van der Waals surface area contributed by atoms with E-state index in [0.717, 1.165) is 18.4 Å². The van der Waals surface area contributed by atoms with Gasteiger partial charge in [0, 0.05) is 37.5 Å². The zero-order chi connectivity index (χ0) is 18.5. The van der Waals surface area contributed by atoms with Crippen LogP contribution < -0.4 is 10.6 Å². The van der Waals surface area contributed by atoms with E-state index in [1.54, 1.807) is 12.1 Å². The van der Waals surface area contributed by atoms with Crippen LogP contribution in [-0.4, -0.2) is 55.1 Å². The molecule has 2 aliphatic rings. The van der Waals surface area contributed by atoms with Crippen LogP contribution in [0.25, 0.3) is 0 Å². The van der Waals surface area contributed by atoms with Crippen LogP contribution in [0.1, 0.15) is 24.8 Å². The van der Waals surface area contributed by atoms with Gasteiger partial charge in [0.2, 0.25) is 5.91 Å². The molecule has 0 aromatic heterocycles. The number of hydrogen-bond donors (Lipinski definition) is 2. The molecule has 0 bridgehead atoms. The summed E-state index contributed by atoms with van der Waals surface area (Å²) in [6.45, 7) is 0.0758. The van der Waals surface area contributed by atoms with Gasteiger partial charge in [0.25, 0.3) is 0 Å². The van der Waals surface area contributed by atoms with E-state index < -0.39 is 24.6 Å². The molecular formula is C18H22FN3O4. The normalized spacial score (nSPS) is 20.4. The van der Waals surface area contributed by atoms with Crippen LogP contribution in [0.15, 0.2) is 18.2 Å². The Hall–Kier alpha value is -2.48. The molecule has 1 unspecified atom stereocenters. The lowest BCUT2D eigenvalue weighted by molar-refractivity contribution is -0.143. The van der Waals surface area contributed by atoms with E-state index in [2.05, 4.69) is 10.6 Å². The smallest absolute Gasteiger partial charge is 0.313 e. The van der Waals surface area contributed by atoms with Gasteiger partial charge < -0.3 is 20.3 Å². The number of benzene rings is 1. The number of ether oxygens (including phenoxy) is 1. The quantitative estimate of drug-likeness (QED) is 0.780. The second-order valence-electron chi connectivity index (χ2n) is 6.48.